The molecule has 4 rings (SSSR count). The third-order valence-electron chi connectivity index (χ3n) is 6.60. The van der Waals surface area contributed by atoms with E-state index in [4.69, 9.17) is 9.47 Å². The van der Waals surface area contributed by atoms with Crippen molar-refractivity contribution in [3.8, 4) is 0 Å². The number of aliphatic hydroxyl groups excluding tert-OH is 1. The molecule has 1 aromatic carbocycles. The normalized spacial score (nSPS) is 32.1. The van der Waals surface area contributed by atoms with Gasteiger partial charge in [-0.05, 0) is 37.7 Å². The molecule has 1 spiro atoms. The highest BCUT2D eigenvalue weighted by molar-refractivity contribution is 6.72. The molecule has 2 N–H and O–H groups in total. The van der Waals surface area contributed by atoms with Crippen LogP contribution < -0.4 is 10.2 Å². The summed E-state index contributed by atoms with van der Waals surface area (Å²) in [5, 5.41) is 12.3. The second-order valence-corrected chi connectivity index (χ2v) is 12.8. The van der Waals surface area contributed by atoms with E-state index in [0.717, 1.165) is 0 Å². The molecule has 2 amide bonds. The van der Waals surface area contributed by atoms with Crippen molar-refractivity contribution in [3.63, 3.8) is 0 Å². The topological polar surface area (TPSA) is 105 Å². The van der Waals surface area contributed by atoms with Gasteiger partial charge < -0.3 is 24.0 Å². The summed E-state index contributed by atoms with van der Waals surface area (Å²) < 4.78 is 26.8. The molecule has 0 saturated carbocycles. The van der Waals surface area contributed by atoms with Crippen LogP contribution >= 0.6 is 0 Å². The molecule has 2 fully saturated rings. The third kappa shape index (κ3) is 3.28. The van der Waals surface area contributed by atoms with Gasteiger partial charge in [-0.1, -0.05) is 6.92 Å². The molecule has 10 heteroatoms. The lowest BCUT2D eigenvalue weighted by atomic mass is 9.82. The summed E-state index contributed by atoms with van der Waals surface area (Å²) in [6, 6.07) is 5.03. The lowest BCUT2D eigenvalue weighted by Crippen LogP contribution is -2.55. The Morgan fingerprint density at radius 2 is 2.13 bits per heavy atom. The number of esters is 1. The minimum absolute atomic E-state index is 0.0914. The van der Waals surface area contributed by atoms with E-state index in [1.165, 1.54) is 11.8 Å². The molecule has 0 aromatic heterocycles. The molecular weight excluding hydrogens is 423 g/mol. The molecular formula is C21H27FN2O6Si. The smallest absolute Gasteiger partial charge is 0.304 e. The maximum Gasteiger partial charge on any atom is 0.304 e. The van der Waals surface area contributed by atoms with Crippen LogP contribution in [0.2, 0.25) is 18.6 Å². The summed E-state index contributed by atoms with van der Waals surface area (Å²) >= 11 is 0. The minimum Gasteiger partial charge on any atom is -0.441 e. The van der Waals surface area contributed by atoms with Crippen LogP contribution in [0.25, 0.3) is 0 Å². The molecule has 0 bridgehead atoms. The van der Waals surface area contributed by atoms with Crippen molar-refractivity contribution in [2.45, 2.75) is 63.3 Å². The number of nitrogens with one attached hydrogen (secondary N) is 1. The number of nitrogens with zero attached hydrogens (tertiary/aromatic N) is 1. The molecule has 168 valence electrons. The first kappa shape index (κ1) is 21.9. The zero-order valence-corrected chi connectivity index (χ0v) is 19.0. The summed E-state index contributed by atoms with van der Waals surface area (Å²) in [7, 11) is -3.24. The monoisotopic (exact) mass is 450 g/mol. The Labute approximate surface area is 180 Å². The average Bonchev–Trinajstić information content (AvgIpc) is 3.09. The van der Waals surface area contributed by atoms with E-state index in [2.05, 4.69) is 5.32 Å². The van der Waals surface area contributed by atoms with Gasteiger partial charge in [-0.3, -0.25) is 19.3 Å². The van der Waals surface area contributed by atoms with E-state index in [1.807, 2.05) is 6.92 Å². The molecule has 3 aliphatic heterocycles. The van der Waals surface area contributed by atoms with Crippen molar-refractivity contribution in [2.75, 3.05) is 16.8 Å². The van der Waals surface area contributed by atoms with Gasteiger partial charge in [0.1, 0.15) is 0 Å². The largest absolute Gasteiger partial charge is 0.441 e. The summed E-state index contributed by atoms with van der Waals surface area (Å²) in [5.41, 5.74) is -0.338. The van der Waals surface area contributed by atoms with Gasteiger partial charge in [0.25, 0.3) is 5.91 Å². The molecule has 0 radical (unpaired) electrons. The number of anilines is 2. The number of carbonyl (C=O) groups is 3. The Morgan fingerprint density at radius 3 is 2.71 bits per heavy atom. The number of ether oxygens (including phenoxy) is 2. The Balaban J connectivity index is 1.76. The predicted molar refractivity (Wildman–Crippen MR) is 112 cm³/mol. The van der Waals surface area contributed by atoms with Crippen LogP contribution in [0.5, 0.6) is 0 Å². The first-order valence-electron chi connectivity index (χ1n) is 10.4. The van der Waals surface area contributed by atoms with E-state index < -0.39 is 43.8 Å². The Bertz CT molecular complexity index is 950. The first-order chi connectivity index (χ1) is 14.5. The van der Waals surface area contributed by atoms with Gasteiger partial charge in [-0.25, -0.2) is 0 Å². The van der Waals surface area contributed by atoms with Crippen LogP contribution in [0.3, 0.4) is 0 Å². The number of rotatable bonds is 5. The lowest BCUT2D eigenvalue weighted by Gasteiger charge is -2.39. The van der Waals surface area contributed by atoms with Gasteiger partial charge in [-0.15, -0.1) is 0 Å². The van der Waals surface area contributed by atoms with Crippen molar-refractivity contribution in [1.29, 1.82) is 0 Å². The fourth-order valence-electron chi connectivity index (χ4n) is 5.38. The van der Waals surface area contributed by atoms with E-state index in [0.29, 0.717) is 16.9 Å². The number of aliphatic hydroxyl groups is 1. The van der Waals surface area contributed by atoms with E-state index in [9.17, 15) is 19.5 Å². The quantitative estimate of drug-likeness (QED) is 0.309. The maximum atomic E-state index is 15.3. The number of benzene rings is 1. The summed E-state index contributed by atoms with van der Waals surface area (Å²) in [5.74, 6) is -1.54. The van der Waals surface area contributed by atoms with Crippen molar-refractivity contribution >= 4 is 37.6 Å². The molecule has 1 unspecified atom stereocenters. The van der Waals surface area contributed by atoms with Gasteiger partial charge in [0.15, 0.2) is 11.8 Å². The van der Waals surface area contributed by atoms with Crippen molar-refractivity contribution in [3.05, 3.63) is 23.8 Å². The number of halogens is 1. The average molecular weight is 451 g/mol. The van der Waals surface area contributed by atoms with Crippen LogP contribution in [0, 0.1) is 5.92 Å². The summed E-state index contributed by atoms with van der Waals surface area (Å²) in [6.45, 7) is 6.10. The molecule has 31 heavy (non-hydrogen) atoms. The zero-order valence-electron chi connectivity index (χ0n) is 18.0. The maximum absolute atomic E-state index is 15.3. The first-order valence-corrected chi connectivity index (χ1v) is 13.4. The van der Waals surface area contributed by atoms with Crippen LogP contribution in [0.15, 0.2) is 18.2 Å². The fraction of sp³-hybridized carbons (Fsp3) is 0.571. The summed E-state index contributed by atoms with van der Waals surface area (Å²) in [4.78, 5) is 38.1. The molecule has 0 aliphatic carbocycles. The lowest BCUT2D eigenvalue weighted by molar-refractivity contribution is -0.153. The Hall–Kier alpha value is -2.30. The molecule has 8 nitrogen and oxygen atoms in total. The van der Waals surface area contributed by atoms with E-state index in [-0.39, 0.29) is 31.3 Å². The zero-order chi connectivity index (χ0) is 22.7. The predicted octanol–water partition coefficient (Wildman–Crippen LogP) is 2.42. The second kappa shape index (κ2) is 7.39. The van der Waals surface area contributed by atoms with E-state index in [1.54, 1.807) is 31.3 Å². The van der Waals surface area contributed by atoms with Gasteiger partial charge in [0.2, 0.25) is 14.3 Å². The highest BCUT2D eigenvalue weighted by Gasteiger charge is 2.65. The van der Waals surface area contributed by atoms with Gasteiger partial charge in [0, 0.05) is 41.9 Å². The Morgan fingerprint density at radius 1 is 1.42 bits per heavy atom. The highest BCUT2D eigenvalue weighted by atomic mass is 28.4. The number of fused-ring (bicyclic) bond motifs is 2. The van der Waals surface area contributed by atoms with Crippen molar-refractivity contribution < 1.29 is 33.1 Å². The fourth-order valence-corrected chi connectivity index (χ4v) is 7.93. The van der Waals surface area contributed by atoms with Gasteiger partial charge in [0.05, 0.1) is 12.5 Å². The number of β-lactam (4-membered cyclic amide) rings is 1. The third-order valence-corrected chi connectivity index (χ3v) is 9.06. The van der Waals surface area contributed by atoms with Crippen LogP contribution in [0.1, 0.15) is 32.3 Å². The molecule has 3 heterocycles. The Kier molecular flexibility index (Phi) is 5.22. The second-order valence-electron chi connectivity index (χ2n) is 9.00. The summed E-state index contributed by atoms with van der Waals surface area (Å²) in [6.07, 6.45) is -0.961. The molecule has 1 aromatic rings. The van der Waals surface area contributed by atoms with Crippen LogP contribution in [0.4, 0.5) is 15.5 Å². The SMILES string of the molecule is CC(=O)OC1CC(=O)N1c1ccc2c(c1)[C@]1(O[C@@H](CCO)[C@H]([Si](C)(C)F)[C@H]1C)C(=O)N2. The molecule has 5 atom stereocenters. The minimum atomic E-state index is -3.24. The van der Waals surface area contributed by atoms with E-state index >= 15 is 4.11 Å². The molecule has 3 aliphatic rings. The van der Waals surface area contributed by atoms with Crippen LogP contribution in [-0.4, -0.2) is 50.2 Å². The van der Waals surface area contributed by atoms with Crippen molar-refractivity contribution in [2.24, 2.45) is 5.92 Å². The van der Waals surface area contributed by atoms with Gasteiger partial charge >= 0.3 is 5.97 Å². The van der Waals surface area contributed by atoms with Crippen LogP contribution in [-0.2, 0) is 29.5 Å². The number of hydrogen-bond donors (Lipinski definition) is 2. The number of amides is 2. The number of carbonyl (C=O) groups excluding carboxylic acids is 3. The standard InChI is InChI=1S/C21H27FN2O6Si/c1-11-19(31(3,4)22)16(7-8-25)30-21(11)14-9-13(5-6-15(14)23-20(21)28)24-17(27)10-18(24)29-12(2)26/h5-6,9,11,16,18-19,25H,7-8,10H2,1-4H3,(H,23,28)/t11-,16+,18?,19-,21+/m1/s1. The van der Waals surface area contributed by atoms with Crippen molar-refractivity contribution in [1.82, 2.24) is 0 Å². The number of hydrogen-bond acceptors (Lipinski definition) is 6. The highest BCUT2D eigenvalue weighted by Crippen LogP contribution is 2.59. The van der Waals surface area contributed by atoms with Gasteiger partial charge in [-0.2, -0.15) is 0 Å². The molecule has 2 saturated heterocycles.